The molecule has 4 N–H and O–H groups in total. The molecular formula is C16H22N2O3. The minimum absolute atomic E-state index is 0.238. The molecule has 0 spiro atoms. The number of nitrogens with one attached hydrogen (secondary N) is 1. The van der Waals surface area contributed by atoms with Crippen molar-refractivity contribution in [3.05, 3.63) is 29.3 Å². The number of amides is 1. The summed E-state index contributed by atoms with van der Waals surface area (Å²) in [5, 5.41) is 12.2. The Kier molecular flexibility index (Phi) is 4.83. The molecule has 2 rings (SSSR count). The van der Waals surface area contributed by atoms with Crippen molar-refractivity contribution in [1.82, 2.24) is 5.32 Å². The summed E-state index contributed by atoms with van der Waals surface area (Å²) in [7, 11) is 0. The van der Waals surface area contributed by atoms with Crippen molar-refractivity contribution in [2.75, 3.05) is 5.73 Å². The molecule has 1 aromatic rings. The van der Waals surface area contributed by atoms with Gasteiger partial charge >= 0.3 is 5.97 Å². The van der Waals surface area contributed by atoms with Crippen LogP contribution in [0.1, 0.15) is 48.0 Å². The third-order valence-electron chi connectivity index (χ3n) is 4.27. The zero-order chi connectivity index (χ0) is 15.4. The van der Waals surface area contributed by atoms with Crippen molar-refractivity contribution < 1.29 is 14.7 Å². The van der Waals surface area contributed by atoms with Gasteiger partial charge in [0.1, 0.15) is 0 Å². The van der Waals surface area contributed by atoms with Crippen molar-refractivity contribution in [2.24, 2.45) is 5.92 Å². The molecule has 5 nitrogen and oxygen atoms in total. The highest BCUT2D eigenvalue weighted by Gasteiger charge is 2.31. The molecule has 0 aliphatic heterocycles. The topological polar surface area (TPSA) is 92.4 Å². The second-order valence-corrected chi connectivity index (χ2v) is 5.68. The third-order valence-corrected chi connectivity index (χ3v) is 4.27. The number of benzene rings is 1. The molecule has 114 valence electrons. The molecule has 0 bridgehead atoms. The summed E-state index contributed by atoms with van der Waals surface area (Å²) in [5.41, 5.74) is 7.63. The van der Waals surface area contributed by atoms with Gasteiger partial charge < -0.3 is 16.2 Å². The van der Waals surface area contributed by atoms with E-state index in [2.05, 4.69) is 5.32 Å². The number of carbonyl (C=O) groups excluding carboxylic acids is 1. The maximum atomic E-state index is 12.4. The standard InChI is InChI=1S/C16H22N2O3/c1-10-11(7-5-8-13(10)17)15(19)18-14-9-4-2-3-6-12(14)16(20)21/h5,7-8,12,14H,2-4,6,9,17H2,1H3,(H,18,19)(H,20,21). The van der Waals surface area contributed by atoms with Gasteiger partial charge in [-0.3, -0.25) is 9.59 Å². The monoisotopic (exact) mass is 290 g/mol. The summed E-state index contributed by atoms with van der Waals surface area (Å²) in [6, 6.07) is 4.89. The number of nitrogen functional groups attached to an aromatic ring is 1. The van der Waals surface area contributed by atoms with Crippen molar-refractivity contribution >= 4 is 17.6 Å². The van der Waals surface area contributed by atoms with E-state index < -0.39 is 11.9 Å². The first-order valence-electron chi connectivity index (χ1n) is 7.39. The molecule has 0 radical (unpaired) electrons. The van der Waals surface area contributed by atoms with E-state index in [0.29, 0.717) is 24.1 Å². The zero-order valence-electron chi connectivity index (χ0n) is 12.3. The molecular weight excluding hydrogens is 268 g/mol. The largest absolute Gasteiger partial charge is 0.481 e. The Bertz CT molecular complexity index is 542. The number of aliphatic carboxylic acids is 1. The van der Waals surface area contributed by atoms with Crippen molar-refractivity contribution in [3.63, 3.8) is 0 Å². The third kappa shape index (κ3) is 3.54. The fourth-order valence-corrected chi connectivity index (χ4v) is 2.92. The highest BCUT2D eigenvalue weighted by molar-refractivity contribution is 5.97. The minimum atomic E-state index is -0.827. The summed E-state index contributed by atoms with van der Waals surface area (Å²) >= 11 is 0. The van der Waals surface area contributed by atoms with Crippen molar-refractivity contribution in [3.8, 4) is 0 Å². The van der Waals surface area contributed by atoms with Gasteiger partial charge in [-0.15, -0.1) is 0 Å². The number of carboxylic acids is 1. The summed E-state index contributed by atoms with van der Waals surface area (Å²) in [5.74, 6) is -1.57. The van der Waals surface area contributed by atoms with Crippen molar-refractivity contribution in [2.45, 2.75) is 45.1 Å². The van der Waals surface area contributed by atoms with Crippen LogP contribution >= 0.6 is 0 Å². The van der Waals surface area contributed by atoms with E-state index >= 15 is 0 Å². The zero-order valence-corrected chi connectivity index (χ0v) is 12.3. The quantitative estimate of drug-likeness (QED) is 0.588. The van der Waals surface area contributed by atoms with Gasteiger partial charge in [0.25, 0.3) is 5.91 Å². The van der Waals surface area contributed by atoms with Crippen LogP contribution in [0.5, 0.6) is 0 Å². The normalized spacial score (nSPS) is 22.3. The van der Waals surface area contributed by atoms with Gasteiger partial charge in [-0.1, -0.05) is 25.3 Å². The average Bonchev–Trinajstić information content (AvgIpc) is 2.67. The van der Waals surface area contributed by atoms with Gasteiger partial charge in [0.2, 0.25) is 0 Å². The first-order valence-corrected chi connectivity index (χ1v) is 7.39. The lowest BCUT2D eigenvalue weighted by molar-refractivity contribution is -0.142. The summed E-state index contributed by atoms with van der Waals surface area (Å²) in [6.45, 7) is 1.80. The Hall–Kier alpha value is -2.04. The van der Waals surface area contributed by atoms with Crippen LogP contribution < -0.4 is 11.1 Å². The fraction of sp³-hybridized carbons (Fsp3) is 0.500. The van der Waals surface area contributed by atoms with E-state index in [1.165, 1.54) is 0 Å². The van der Waals surface area contributed by atoms with E-state index in [1.807, 2.05) is 0 Å². The van der Waals surface area contributed by atoms with Crippen LogP contribution in [0, 0.1) is 12.8 Å². The smallest absolute Gasteiger partial charge is 0.308 e. The number of hydrogen-bond donors (Lipinski definition) is 3. The van der Waals surface area contributed by atoms with E-state index in [4.69, 9.17) is 5.73 Å². The second kappa shape index (κ2) is 6.61. The lowest BCUT2D eigenvalue weighted by atomic mass is 9.94. The molecule has 0 heterocycles. The summed E-state index contributed by atoms with van der Waals surface area (Å²) < 4.78 is 0. The molecule has 1 saturated carbocycles. The lowest BCUT2D eigenvalue weighted by Crippen LogP contribution is -2.43. The van der Waals surface area contributed by atoms with Crippen LogP contribution in [0.15, 0.2) is 18.2 Å². The lowest BCUT2D eigenvalue weighted by Gasteiger charge is -2.23. The molecule has 1 fully saturated rings. The molecule has 2 unspecified atom stereocenters. The first-order chi connectivity index (χ1) is 10.0. The fourth-order valence-electron chi connectivity index (χ4n) is 2.92. The van der Waals surface area contributed by atoms with E-state index in [0.717, 1.165) is 24.8 Å². The van der Waals surface area contributed by atoms with Gasteiger partial charge in [0.15, 0.2) is 0 Å². The average molecular weight is 290 g/mol. The Morgan fingerprint density at radius 3 is 2.67 bits per heavy atom. The molecule has 0 aromatic heterocycles. The Labute approximate surface area is 124 Å². The SMILES string of the molecule is Cc1c(N)cccc1C(=O)NC1CCCCCC1C(=O)O. The summed E-state index contributed by atoms with van der Waals surface area (Å²) in [4.78, 5) is 23.8. The number of carboxylic acid groups (broad SMARTS) is 1. The number of nitrogens with two attached hydrogens (primary N) is 1. The Morgan fingerprint density at radius 2 is 1.95 bits per heavy atom. The molecule has 2 atom stereocenters. The summed E-state index contributed by atoms with van der Waals surface area (Å²) in [6.07, 6.45) is 4.21. The highest BCUT2D eigenvalue weighted by atomic mass is 16.4. The van der Waals surface area contributed by atoms with Crippen molar-refractivity contribution in [1.29, 1.82) is 0 Å². The first kappa shape index (κ1) is 15.4. The van der Waals surface area contributed by atoms with E-state index in [1.54, 1.807) is 25.1 Å². The van der Waals surface area contributed by atoms with Crippen LogP contribution in [-0.2, 0) is 4.79 Å². The minimum Gasteiger partial charge on any atom is -0.481 e. The highest BCUT2D eigenvalue weighted by Crippen LogP contribution is 2.24. The molecule has 1 aliphatic rings. The van der Waals surface area contributed by atoms with E-state index in [9.17, 15) is 14.7 Å². The molecule has 0 saturated heterocycles. The van der Waals surface area contributed by atoms with Gasteiger partial charge in [-0.25, -0.2) is 0 Å². The van der Waals surface area contributed by atoms with Crippen LogP contribution in [-0.4, -0.2) is 23.0 Å². The van der Waals surface area contributed by atoms with Crippen LogP contribution in [0.3, 0.4) is 0 Å². The number of rotatable bonds is 3. The maximum absolute atomic E-state index is 12.4. The van der Waals surface area contributed by atoms with Crippen LogP contribution in [0.4, 0.5) is 5.69 Å². The van der Waals surface area contributed by atoms with Gasteiger partial charge in [-0.05, 0) is 37.5 Å². The predicted molar refractivity (Wildman–Crippen MR) is 81.1 cm³/mol. The second-order valence-electron chi connectivity index (χ2n) is 5.68. The number of hydrogen-bond acceptors (Lipinski definition) is 3. The molecule has 5 heteroatoms. The Balaban J connectivity index is 2.16. The molecule has 1 aliphatic carbocycles. The van der Waals surface area contributed by atoms with Crippen LogP contribution in [0.25, 0.3) is 0 Å². The van der Waals surface area contributed by atoms with Gasteiger partial charge in [0.05, 0.1) is 5.92 Å². The van der Waals surface area contributed by atoms with E-state index in [-0.39, 0.29) is 11.9 Å². The number of anilines is 1. The molecule has 1 amide bonds. The van der Waals surface area contributed by atoms with Gasteiger partial charge in [-0.2, -0.15) is 0 Å². The molecule has 21 heavy (non-hydrogen) atoms. The predicted octanol–water partition coefficient (Wildman–Crippen LogP) is 2.34. The molecule has 1 aromatic carbocycles. The maximum Gasteiger partial charge on any atom is 0.308 e. The Morgan fingerprint density at radius 1 is 1.24 bits per heavy atom. The number of carbonyl (C=O) groups is 2. The van der Waals surface area contributed by atoms with Gasteiger partial charge in [0, 0.05) is 17.3 Å². The van der Waals surface area contributed by atoms with Crippen LogP contribution in [0.2, 0.25) is 0 Å².